The summed E-state index contributed by atoms with van der Waals surface area (Å²) in [5.41, 5.74) is 0.598. The molecule has 1 aliphatic carbocycles. The fourth-order valence-corrected chi connectivity index (χ4v) is 2.74. The zero-order valence-corrected chi connectivity index (χ0v) is 7.89. The molecule has 72 valence electrons. The molecule has 13 heavy (non-hydrogen) atoms. The van der Waals surface area contributed by atoms with Crippen molar-refractivity contribution in [3.8, 4) is 0 Å². The summed E-state index contributed by atoms with van der Waals surface area (Å²) in [6, 6.07) is 0. The van der Waals surface area contributed by atoms with E-state index >= 15 is 0 Å². The minimum Gasteiger partial charge on any atom is -0.386 e. The van der Waals surface area contributed by atoms with E-state index in [1.165, 1.54) is 0 Å². The van der Waals surface area contributed by atoms with Crippen molar-refractivity contribution in [1.82, 2.24) is 0 Å². The van der Waals surface area contributed by atoms with Crippen LogP contribution in [-0.2, 0) is 19.1 Å². The second-order valence-electron chi connectivity index (χ2n) is 3.32. The smallest absolute Gasteiger partial charge is 0.316 e. The van der Waals surface area contributed by atoms with Crippen molar-refractivity contribution in [2.75, 3.05) is 5.75 Å². The van der Waals surface area contributed by atoms with Gasteiger partial charge < -0.3 is 4.18 Å². The molecule has 4 nitrogen and oxygen atoms in total. The van der Waals surface area contributed by atoms with Gasteiger partial charge in [-0.3, -0.25) is 4.79 Å². The van der Waals surface area contributed by atoms with Crippen LogP contribution >= 0.6 is 0 Å². The van der Waals surface area contributed by atoms with Crippen molar-refractivity contribution in [2.24, 2.45) is 0 Å². The molecule has 0 aromatic rings. The first kappa shape index (κ1) is 8.74. The van der Waals surface area contributed by atoms with E-state index in [4.69, 9.17) is 4.18 Å². The van der Waals surface area contributed by atoms with Crippen molar-refractivity contribution < 1.29 is 17.4 Å². The van der Waals surface area contributed by atoms with E-state index in [1.54, 1.807) is 0 Å². The Hall–Kier alpha value is -0.840. The van der Waals surface area contributed by atoms with Gasteiger partial charge in [0, 0.05) is 12.0 Å². The van der Waals surface area contributed by atoms with E-state index in [1.807, 2.05) is 0 Å². The lowest BCUT2D eigenvalue weighted by Gasteiger charge is -2.23. The largest absolute Gasteiger partial charge is 0.386 e. The third kappa shape index (κ3) is 1.60. The molecular formula is C8H10O4S. The zero-order valence-electron chi connectivity index (χ0n) is 7.08. The highest BCUT2D eigenvalue weighted by atomic mass is 32.2. The molecule has 0 saturated carbocycles. The van der Waals surface area contributed by atoms with Crippen LogP contribution in [0.2, 0.25) is 0 Å². The van der Waals surface area contributed by atoms with Crippen molar-refractivity contribution >= 4 is 15.9 Å². The molecule has 2 rings (SSSR count). The summed E-state index contributed by atoms with van der Waals surface area (Å²) in [5, 5.41) is 0. The first-order chi connectivity index (χ1) is 6.08. The molecule has 0 atom stereocenters. The summed E-state index contributed by atoms with van der Waals surface area (Å²) in [6.45, 7) is 0. The topological polar surface area (TPSA) is 60.4 Å². The van der Waals surface area contributed by atoms with E-state index in [-0.39, 0.29) is 5.78 Å². The molecule has 0 N–H and O–H groups in total. The Morgan fingerprint density at radius 1 is 1.15 bits per heavy atom. The predicted molar refractivity (Wildman–Crippen MR) is 45.4 cm³/mol. The summed E-state index contributed by atoms with van der Waals surface area (Å²) in [7, 11) is -3.61. The lowest BCUT2D eigenvalue weighted by atomic mass is 9.95. The molecule has 0 bridgehead atoms. The Morgan fingerprint density at radius 2 is 1.85 bits per heavy atom. The van der Waals surface area contributed by atoms with Crippen LogP contribution in [0.25, 0.3) is 0 Å². The van der Waals surface area contributed by atoms with Gasteiger partial charge in [0.1, 0.15) is 11.5 Å². The monoisotopic (exact) mass is 202 g/mol. The minimum absolute atomic E-state index is 0.277. The van der Waals surface area contributed by atoms with Gasteiger partial charge in [0.15, 0.2) is 5.78 Å². The molecule has 0 amide bonds. The first-order valence-corrected chi connectivity index (χ1v) is 5.83. The lowest BCUT2D eigenvalue weighted by Crippen LogP contribution is -2.28. The Labute approximate surface area is 76.7 Å². The maximum atomic E-state index is 11.3. The average Bonchev–Trinajstić information content (AvgIpc) is 2.02. The second kappa shape index (κ2) is 2.83. The predicted octanol–water partition coefficient (Wildman–Crippen LogP) is 0.744. The Kier molecular flexibility index (Phi) is 1.91. The molecule has 0 radical (unpaired) electrons. The van der Waals surface area contributed by atoms with Crippen LogP contribution in [0.1, 0.15) is 25.7 Å². The van der Waals surface area contributed by atoms with Gasteiger partial charge in [-0.1, -0.05) is 0 Å². The van der Waals surface area contributed by atoms with Gasteiger partial charge >= 0.3 is 10.1 Å². The zero-order chi connectivity index (χ0) is 9.47. The van der Waals surface area contributed by atoms with Gasteiger partial charge in [-0.2, -0.15) is 8.42 Å². The Bertz CT molecular complexity index is 377. The summed E-state index contributed by atoms with van der Waals surface area (Å²) < 4.78 is 26.9. The summed E-state index contributed by atoms with van der Waals surface area (Å²) in [6.07, 6.45) is 3.11. The van der Waals surface area contributed by atoms with Crippen LogP contribution in [0, 0.1) is 0 Å². The number of hydrogen-bond donors (Lipinski definition) is 0. The first-order valence-electron chi connectivity index (χ1n) is 4.26. The molecule has 1 heterocycles. The van der Waals surface area contributed by atoms with Crippen molar-refractivity contribution in [2.45, 2.75) is 25.7 Å². The average molecular weight is 202 g/mol. The summed E-state index contributed by atoms with van der Waals surface area (Å²) in [5.74, 6) is -0.366. The molecule has 1 aliphatic heterocycles. The number of rotatable bonds is 0. The van der Waals surface area contributed by atoms with Crippen LogP contribution in [0.15, 0.2) is 11.3 Å². The molecule has 0 unspecified atom stereocenters. The quantitative estimate of drug-likeness (QED) is 0.544. The number of carbonyl (C=O) groups excluding carboxylic acids is 1. The normalized spacial score (nSPS) is 26.6. The van der Waals surface area contributed by atoms with Gasteiger partial charge in [0.05, 0.1) is 0 Å². The SMILES string of the molecule is O=C1CS(=O)(=O)OC2=C1CCCC2. The number of hydrogen-bond acceptors (Lipinski definition) is 4. The molecule has 0 saturated heterocycles. The molecule has 0 aromatic carbocycles. The van der Waals surface area contributed by atoms with Crippen molar-refractivity contribution in [1.29, 1.82) is 0 Å². The number of carbonyl (C=O) groups is 1. The molecule has 2 aliphatic rings. The van der Waals surface area contributed by atoms with E-state index in [0.29, 0.717) is 24.2 Å². The van der Waals surface area contributed by atoms with Gasteiger partial charge in [0.25, 0.3) is 0 Å². The van der Waals surface area contributed by atoms with E-state index in [0.717, 1.165) is 12.8 Å². The maximum Gasteiger partial charge on any atom is 0.316 e. The third-order valence-electron chi connectivity index (χ3n) is 2.29. The molecular weight excluding hydrogens is 192 g/mol. The van der Waals surface area contributed by atoms with Gasteiger partial charge in [0.2, 0.25) is 0 Å². The third-order valence-corrected chi connectivity index (χ3v) is 3.36. The van der Waals surface area contributed by atoms with Crippen molar-refractivity contribution in [3.05, 3.63) is 11.3 Å². The van der Waals surface area contributed by atoms with Gasteiger partial charge in [-0.15, -0.1) is 0 Å². The Balaban J connectivity index is 2.41. The van der Waals surface area contributed by atoms with E-state index in [2.05, 4.69) is 0 Å². The fourth-order valence-electron chi connectivity index (χ4n) is 1.69. The van der Waals surface area contributed by atoms with E-state index in [9.17, 15) is 13.2 Å². The van der Waals surface area contributed by atoms with Crippen LogP contribution in [0.4, 0.5) is 0 Å². The highest BCUT2D eigenvalue weighted by Gasteiger charge is 2.32. The van der Waals surface area contributed by atoms with E-state index < -0.39 is 15.9 Å². The fraction of sp³-hybridized carbons (Fsp3) is 0.625. The lowest BCUT2D eigenvalue weighted by molar-refractivity contribution is -0.114. The number of ketones is 1. The minimum atomic E-state index is -3.61. The Morgan fingerprint density at radius 3 is 2.62 bits per heavy atom. The van der Waals surface area contributed by atoms with Crippen LogP contribution in [0.5, 0.6) is 0 Å². The maximum absolute atomic E-state index is 11.3. The van der Waals surface area contributed by atoms with Crippen LogP contribution in [-0.4, -0.2) is 20.0 Å². The summed E-state index contributed by atoms with van der Waals surface area (Å²) >= 11 is 0. The van der Waals surface area contributed by atoms with Crippen molar-refractivity contribution in [3.63, 3.8) is 0 Å². The number of allylic oxidation sites excluding steroid dienone is 2. The second-order valence-corrected chi connectivity index (χ2v) is 4.89. The molecule has 0 aromatic heterocycles. The number of Topliss-reactive ketones (excluding diaryl/α,β-unsaturated/α-hetero) is 1. The van der Waals surface area contributed by atoms with Gasteiger partial charge in [-0.05, 0) is 19.3 Å². The molecule has 0 fully saturated rings. The van der Waals surface area contributed by atoms with Crippen LogP contribution in [0.3, 0.4) is 0 Å². The molecule has 0 spiro atoms. The highest BCUT2D eigenvalue weighted by Crippen LogP contribution is 2.30. The van der Waals surface area contributed by atoms with Crippen LogP contribution < -0.4 is 0 Å². The summed E-state index contributed by atoms with van der Waals surface area (Å²) in [4.78, 5) is 11.3. The highest BCUT2D eigenvalue weighted by molar-refractivity contribution is 7.87. The van der Waals surface area contributed by atoms with Gasteiger partial charge in [-0.25, -0.2) is 0 Å². The molecule has 5 heteroatoms. The standard InChI is InChI=1S/C8H10O4S/c9-7-5-13(10,11)12-8-4-2-1-3-6(7)8/h1-5H2.